The van der Waals surface area contributed by atoms with Crippen LogP contribution in [0.15, 0.2) is 71.4 Å². The summed E-state index contributed by atoms with van der Waals surface area (Å²) in [6, 6.07) is 6.87. The molecule has 41 heavy (non-hydrogen) atoms. The summed E-state index contributed by atoms with van der Waals surface area (Å²) in [5, 5.41) is 5.23. The first-order valence-corrected chi connectivity index (χ1v) is 19.0. The van der Waals surface area contributed by atoms with Crippen LogP contribution < -0.4 is 0 Å². The van der Waals surface area contributed by atoms with Gasteiger partial charge < -0.3 is 12.7 Å². The molecule has 1 aromatic carbocycles. The summed E-state index contributed by atoms with van der Waals surface area (Å²) in [6.45, 7) is 27.6. The van der Waals surface area contributed by atoms with Crippen LogP contribution in [-0.4, -0.2) is 5.54 Å². The van der Waals surface area contributed by atoms with Gasteiger partial charge in [0.1, 0.15) is 0 Å². The van der Waals surface area contributed by atoms with Gasteiger partial charge in [0.05, 0.1) is 0 Å². The first-order valence-electron chi connectivity index (χ1n) is 14.7. The number of aryl methyl sites for hydroxylation is 1. The molecule has 4 heteroatoms. The van der Waals surface area contributed by atoms with Gasteiger partial charge in [-0.05, 0) is 83.5 Å². The molecule has 0 radical (unpaired) electrons. The van der Waals surface area contributed by atoms with Crippen LogP contribution >= 0.6 is 18.6 Å². The van der Waals surface area contributed by atoms with Crippen molar-refractivity contribution < 1.29 is 17.0 Å². The summed E-state index contributed by atoms with van der Waals surface area (Å²) >= 11 is -0.556. The van der Waals surface area contributed by atoms with E-state index in [1.807, 2.05) is 0 Å². The monoisotopic (exact) mass is 629 g/mol. The minimum atomic E-state index is -0.556. The van der Waals surface area contributed by atoms with Crippen molar-refractivity contribution in [2.45, 2.75) is 88.6 Å². The molecule has 226 valence electrons. The van der Waals surface area contributed by atoms with Crippen LogP contribution in [0.25, 0.3) is 10.9 Å². The van der Waals surface area contributed by atoms with Crippen molar-refractivity contribution in [3.8, 4) is 0 Å². The van der Waals surface area contributed by atoms with Crippen molar-refractivity contribution in [2.24, 2.45) is 40.4 Å². The Morgan fingerprint density at radius 3 is 1.56 bits per heavy atom. The SMILES string of the molecule is CC(C)=C(c1cc(C)ccc1[N-]C(C)(C)C)C1C2C=C(C(C)(C)C)C=CC2C2C=CC(C(C)(C)C)=CC21.[CH3-].[Cl][Ti][Cl]. The number of hydrogen-bond acceptors (Lipinski definition) is 0. The molecular weight excluding hydrogens is 577 g/mol. The van der Waals surface area contributed by atoms with Gasteiger partial charge in [-0.1, -0.05) is 128 Å². The maximum atomic E-state index is 5.23. The molecular formula is C37H53Cl2NTi-2. The zero-order valence-corrected chi connectivity index (χ0v) is 30.9. The van der Waals surface area contributed by atoms with Crippen LogP contribution in [0.2, 0.25) is 0 Å². The van der Waals surface area contributed by atoms with Gasteiger partial charge in [-0.25, -0.2) is 0 Å². The molecule has 1 fully saturated rings. The predicted octanol–water partition coefficient (Wildman–Crippen LogP) is 12.6. The fourth-order valence-corrected chi connectivity index (χ4v) is 6.64. The summed E-state index contributed by atoms with van der Waals surface area (Å²) in [4.78, 5) is 0. The van der Waals surface area contributed by atoms with E-state index in [-0.39, 0.29) is 23.8 Å². The molecule has 0 aliphatic heterocycles. The average Bonchev–Trinajstić information content (AvgIpc) is 3.12. The number of hydrogen-bond donors (Lipinski definition) is 0. The summed E-state index contributed by atoms with van der Waals surface area (Å²) in [6.07, 6.45) is 15.2. The van der Waals surface area contributed by atoms with Crippen LogP contribution in [0.5, 0.6) is 0 Å². The second kappa shape index (κ2) is 13.8. The van der Waals surface area contributed by atoms with E-state index >= 15 is 0 Å². The van der Waals surface area contributed by atoms with Crippen molar-refractivity contribution in [3.05, 3.63) is 95.2 Å². The van der Waals surface area contributed by atoms with Crippen LogP contribution in [0.1, 0.15) is 87.3 Å². The second-order valence-corrected chi connectivity index (χ2v) is 17.7. The number of benzene rings is 1. The Morgan fingerprint density at radius 1 is 0.756 bits per heavy atom. The van der Waals surface area contributed by atoms with E-state index in [1.54, 1.807) is 0 Å². The third kappa shape index (κ3) is 8.56. The summed E-state index contributed by atoms with van der Waals surface area (Å²) in [5.41, 5.74) is 9.79. The van der Waals surface area contributed by atoms with Crippen LogP contribution in [0, 0.1) is 54.8 Å². The quantitative estimate of drug-likeness (QED) is 0.233. The Kier molecular flexibility index (Phi) is 12.1. The van der Waals surface area contributed by atoms with Gasteiger partial charge in [0.15, 0.2) is 0 Å². The summed E-state index contributed by atoms with van der Waals surface area (Å²) < 4.78 is 0. The molecule has 1 saturated carbocycles. The zero-order chi connectivity index (χ0) is 30.2. The molecule has 4 atom stereocenters. The molecule has 0 bridgehead atoms. The molecule has 0 saturated heterocycles. The zero-order valence-electron chi connectivity index (χ0n) is 27.8. The third-order valence-electron chi connectivity index (χ3n) is 8.40. The van der Waals surface area contributed by atoms with Gasteiger partial charge in [0.2, 0.25) is 0 Å². The van der Waals surface area contributed by atoms with Gasteiger partial charge in [-0.15, -0.1) is 11.2 Å². The van der Waals surface area contributed by atoms with E-state index in [0.29, 0.717) is 29.6 Å². The van der Waals surface area contributed by atoms with Gasteiger partial charge in [-0.2, -0.15) is 0 Å². The Bertz CT molecular complexity index is 1170. The maximum absolute atomic E-state index is 5.23. The molecule has 3 aliphatic carbocycles. The van der Waals surface area contributed by atoms with Crippen molar-refractivity contribution in [2.75, 3.05) is 0 Å². The predicted molar refractivity (Wildman–Crippen MR) is 181 cm³/mol. The first-order chi connectivity index (χ1) is 18.4. The number of fused-ring (bicyclic) bond motifs is 3. The Hall–Kier alpha value is -0.986. The minimum absolute atomic E-state index is 0. The van der Waals surface area contributed by atoms with Gasteiger partial charge in [0, 0.05) is 0 Å². The van der Waals surface area contributed by atoms with Crippen LogP contribution in [0.4, 0.5) is 5.69 Å². The van der Waals surface area contributed by atoms with Crippen LogP contribution in [-0.2, 0) is 17.0 Å². The van der Waals surface area contributed by atoms with E-state index in [4.69, 9.17) is 23.9 Å². The van der Waals surface area contributed by atoms with E-state index in [0.717, 1.165) is 5.69 Å². The Balaban J connectivity index is 0.00000141. The van der Waals surface area contributed by atoms with Crippen molar-refractivity contribution >= 4 is 29.9 Å². The molecule has 1 aromatic rings. The normalized spacial score (nSPS) is 25.0. The molecule has 0 N–H and O–H groups in total. The number of nitrogens with zero attached hydrogens (tertiary/aromatic N) is 1. The van der Waals surface area contributed by atoms with E-state index in [1.165, 1.54) is 33.4 Å². The third-order valence-corrected chi connectivity index (χ3v) is 8.40. The fourth-order valence-electron chi connectivity index (χ4n) is 6.64. The first kappa shape index (κ1) is 36.2. The Morgan fingerprint density at radius 2 is 1.20 bits per heavy atom. The van der Waals surface area contributed by atoms with Gasteiger partial charge in [-0.3, -0.25) is 0 Å². The van der Waals surface area contributed by atoms with Crippen molar-refractivity contribution in [1.29, 1.82) is 0 Å². The molecule has 0 heterocycles. The average molecular weight is 631 g/mol. The molecule has 0 spiro atoms. The van der Waals surface area contributed by atoms with Crippen molar-refractivity contribution in [3.63, 3.8) is 0 Å². The van der Waals surface area contributed by atoms with Gasteiger partial charge >= 0.3 is 35.6 Å². The summed E-state index contributed by atoms with van der Waals surface area (Å²) in [7, 11) is 9.78. The van der Waals surface area contributed by atoms with Gasteiger partial charge in [0.25, 0.3) is 0 Å². The number of halogens is 2. The molecule has 3 aliphatic rings. The molecule has 4 unspecified atom stereocenters. The molecule has 0 aromatic heterocycles. The second-order valence-electron chi connectivity index (χ2n) is 15.1. The molecule has 1 nitrogen and oxygen atoms in total. The molecule has 0 amide bonds. The van der Waals surface area contributed by atoms with E-state index in [9.17, 15) is 0 Å². The van der Waals surface area contributed by atoms with Crippen LogP contribution in [0.3, 0.4) is 0 Å². The number of rotatable bonds is 3. The fraction of sp³-hybridized carbons (Fsp3) is 0.541. The summed E-state index contributed by atoms with van der Waals surface area (Å²) in [5.74, 6) is 2.42. The van der Waals surface area contributed by atoms with E-state index < -0.39 is 17.0 Å². The van der Waals surface area contributed by atoms with Crippen molar-refractivity contribution in [1.82, 2.24) is 0 Å². The number of allylic oxidation sites excluding steroid dienone is 10. The topological polar surface area (TPSA) is 14.1 Å². The Labute approximate surface area is 269 Å². The molecule has 4 rings (SSSR count). The van der Waals surface area contributed by atoms with E-state index in [2.05, 4.69) is 138 Å². The standard InChI is InChI=1S/C36H50N.CH3.2ClH.Ti/c1-22(2)32(30-19-23(3)13-18-31(30)37-36(10,11)12)33-28-20-24(34(4,5)6)14-16-26(28)27-17-15-25(21-29(27)33)35(7,8)9;;;;/h13-21,26-29,33H,1-12H3;1H3;2*1H;/q2*-1;;;+2/p-2.